The third-order valence-corrected chi connectivity index (χ3v) is 3.55. The van der Waals surface area contributed by atoms with Crippen LogP contribution in [0.15, 0.2) is 6.33 Å². The highest BCUT2D eigenvalue weighted by Crippen LogP contribution is 2.29. The minimum Gasteiger partial charge on any atom is -0.387 e. The SMILES string of the molecule is CCCNc1ncnc(NCC(C)(O)CSC)c1[N+](=O)[O-]. The van der Waals surface area contributed by atoms with E-state index < -0.39 is 10.5 Å². The van der Waals surface area contributed by atoms with Crippen molar-refractivity contribution in [2.24, 2.45) is 0 Å². The van der Waals surface area contributed by atoms with Crippen LogP contribution in [0.4, 0.5) is 17.3 Å². The first-order valence-electron chi connectivity index (χ1n) is 6.59. The summed E-state index contributed by atoms with van der Waals surface area (Å²) in [7, 11) is 0. The van der Waals surface area contributed by atoms with Crippen molar-refractivity contribution in [2.45, 2.75) is 25.9 Å². The molecule has 0 fully saturated rings. The van der Waals surface area contributed by atoms with Crippen molar-refractivity contribution in [1.29, 1.82) is 0 Å². The van der Waals surface area contributed by atoms with E-state index in [1.54, 1.807) is 6.92 Å². The Hall–Kier alpha value is -1.61. The molecular formula is C12H21N5O3S. The molecular weight excluding hydrogens is 294 g/mol. The van der Waals surface area contributed by atoms with Crippen LogP contribution in [0, 0.1) is 10.1 Å². The molecule has 1 aromatic rings. The van der Waals surface area contributed by atoms with Gasteiger partial charge in [-0.2, -0.15) is 11.8 Å². The van der Waals surface area contributed by atoms with Gasteiger partial charge in [-0.3, -0.25) is 10.1 Å². The molecule has 8 nitrogen and oxygen atoms in total. The van der Waals surface area contributed by atoms with Gasteiger partial charge in [0.1, 0.15) is 6.33 Å². The zero-order chi connectivity index (χ0) is 15.9. The third kappa shape index (κ3) is 5.35. The zero-order valence-electron chi connectivity index (χ0n) is 12.4. The van der Waals surface area contributed by atoms with Gasteiger partial charge in [0.2, 0.25) is 11.6 Å². The van der Waals surface area contributed by atoms with Crippen molar-refractivity contribution in [1.82, 2.24) is 9.97 Å². The maximum Gasteiger partial charge on any atom is 0.353 e. The Morgan fingerprint density at radius 1 is 1.43 bits per heavy atom. The third-order valence-electron chi connectivity index (χ3n) is 2.64. The van der Waals surface area contributed by atoms with E-state index in [4.69, 9.17) is 0 Å². The molecule has 0 aliphatic carbocycles. The van der Waals surface area contributed by atoms with Crippen molar-refractivity contribution < 1.29 is 10.0 Å². The molecule has 9 heteroatoms. The normalized spacial score (nSPS) is 13.5. The van der Waals surface area contributed by atoms with Crippen LogP contribution in [0.1, 0.15) is 20.3 Å². The summed E-state index contributed by atoms with van der Waals surface area (Å²) in [5, 5.41) is 27.1. The molecule has 0 spiro atoms. The summed E-state index contributed by atoms with van der Waals surface area (Å²) in [6.45, 7) is 4.37. The van der Waals surface area contributed by atoms with Crippen molar-refractivity contribution in [3.63, 3.8) is 0 Å². The highest BCUT2D eigenvalue weighted by Gasteiger charge is 2.25. The summed E-state index contributed by atoms with van der Waals surface area (Å²) in [5.41, 5.74) is -1.18. The Morgan fingerprint density at radius 3 is 2.57 bits per heavy atom. The minimum absolute atomic E-state index is 0.106. The lowest BCUT2D eigenvalue weighted by molar-refractivity contribution is -0.383. The van der Waals surface area contributed by atoms with Crippen LogP contribution in [0.2, 0.25) is 0 Å². The Morgan fingerprint density at radius 2 is 2.05 bits per heavy atom. The van der Waals surface area contributed by atoms with E-state index in [0.29, 0.717) is 12.3 Å². The lowest BCUT2D eigenvalue weighted by atomic mass is 10.1. The lowest BCUT2D eigenvalue weighted by Gasteiger charge is -2.22. The minimum atomic E-state index is -0.977. The molecule has 3 N–H and O–H groups in total. The van der Waals surface area contributed by atoms with Gasteiger partial charge in [0.15, 0.2) is 0 Å². The van der Waals surface area contributed by atoms with Gasteiger partial charge in [-0.1, -0.05) is 6.92 Å². The van der Waals surface area contributed by atoms with Crippen LogP contribution in [0.3, 0.4) is 0 Å². The van der Waals surface area contributed by atoms with Crippen molar-refractivity contribution in [3.05, 3.63) is 16.4 Å². The topological polar surface area (TPSA) is 113 Å². The molecule has 0 saturated carbocycles. The zero-order valence-corrected chi connectivity index (χ0v) is 13.2. The number of nitrogens with one attached hydrogen (secondary N) is 2. The summed E-state index contributed by atoms with van der Waals surface area (Å²) < 4.78 is 0. The largest absolute Gasteiger partial charge is 0.387 e. The quantitative estimate of drug-likeness (QED) is 0.466. The van der Waals surface area contributed by atoms with Gasteiger partial charge in [-0.25, -0.2) is 9.97 Å². The first-order chi connectivity index (χ1) is 9.91. The van der Waals surface area contributed by atoms with Gasteiger partial charge < -0.3 is 15.7 Å². The maximum atomic E-state index is 11.2. The van der Waals surface area contributed by atoms with Crippen molar-refractivity contribution >= 4 is 29.1 Å². The van der Waals surface area contributed by atoms with E-state index in [0.717, 1.165) is 6.42 Å². The summed E-state index contributed by atoms with van der Waals surface area (Å²) in [6.07, 6.45) is 3.97. The summed E-state index contributed by atoms with van der Waals surface area (Å²) in [5.74, 6) is 0.804. The van der Waals surface area contributed by atoms with Gasteiger partial charge >= 0.3 is 5.69 Å². The molecule has 1 aromatic heterocycles. The van der Waals surface area contributed by atoms with E-state index in [2.05, 4.69) is 20.6 Å². The van der Waals surface area contributed by atoms with Crippen LogP contribution in [-0.4, -0.2) is 50.7 Å². The average Bonchev–Trinajstić information content (AvgIpc) is 2.42. The molecule has 0 aliphatic rings. The molecule has 1 atom stereocenters. The Labute approximate surface area is 127 Å². The number of thioether (sulfide) groups is 1. The second-order valence-corrected chi connectivity index (χ2v) is 5.75. The molecule has 118 valence electrons. The average molecular weight is 315 g/mol. The number of anilines is 2. The fourth-order valence-electron chi connectivity index (χ4n) is 1.69. The monoisotopic (exact) mass is 315 g/mol. The molecule has 0 saturated heterocycles. The number of nitrogens with zero attached hydrogens (tertiary/aromatic N) is 3. The lowest BCUT2D eigenvalue weighted by Crippen LogP contribution is -2.36. The number of rotatable bonds is 9. The Balaban J connectivity index is 2.93. The van der Waals surface area contributed by atoms with Gasteiger partial charge in [0.05, 0.1) is 10.5 Å². The van der Waals surface area contributed by atoms with Crippen LogP contribution in [-0.2, 0) is 0 Å². The fourth-order valence-corrected chi connectivity index (χ4v) is 2.41. The van der Waals surface area contributed by atoms with E-state index in [9.17, 15) is 15.2 Å². The summed E-state index contributed by atoms with van der Waals surface area (Å²) in [6, 6.07) is 0. The Bertz CT molecular complexity index is 484. The number of hydrogen-bond donors (Lipinski definition) is 3. The highest BCUT2D eigenvalue weighted by atomic mass is 32.2. The number of hydrogen-bond acceptors (Lipinski definition) is 8. The second-order valence-electron chi connectivity index (χ2n) is 4.89. The molecule has 0 aromatic carbocycles. The smallest absolute Gasteiger partial charge is 0.353 e. The van der Waals surface area contributed by atoms with Gasteiger partial charge in [0, 0.05) is 18.8 Å². The Kier molecular flexibility index (Phi) is 6.63. The van der Waals surface area contributed by atoms with Crippen LogP contribution >= 0.6 is 11.8 Å². The molecule has 0 bridgehead atoms. The summed E-state index contributed by atoms with van der Waals surface area (Å²) in [4.78, 5) is 18.5. The van der Waals surface area contributed by atoms with Crippen molar-refractivity contribution in [2.75, 3.05) is 35.7 Å². The first kappa shape index (κ1) is 17.4. The van der Waals surface area contributed by atoms with E-state index in [-0.39, 0.29) is 23.9 Å². The molecule has 1 rings (SSSR count). The summed E-state index contributed by atoms with van der Waals surface area (Å²) >= 11 is 1.50. The molecule has 1 unspecified atom stereocenters. The first-order valence-corrected chi connectivity index (χ1v) is 7.99. The molecule has 21 heavy (non-hydrogen) atoms. The van der Waals surface area contributed by atoms with E-state index >= 15 is 0 Å². The molecule has 1 heterocycles. The van der Waals surface area contributed by atoms with Crippen LogP contribution < -0.4 is 10.6 Å². The van der Waals surface area contributed by atoms with Gasteiger partial charge in [0.25, 0.3) is 0 Å². The van der Waals surface area contributed by atoms with Gasteiger partial charge in [-0.05, 0) is 19.6 Å². The van der Waals surface area contributed by atoms with E-state index in [1.807, 2.05) is 13.2 Å². The number of aliphatic hydroxyl groups is 1. The molecule has 0 aliphatic heterocycles. The molecule has 0 radical (unpaired) electrons. The fraction of sp³-hybridized carbons (Fsp3) is 0.667. The predicted octanol–water partition coefficient (Wildman–Crippen LogP) is 1.73. The predicted molar refractivity (Wildman–Crippen MR) is 85.0 cm³/mol. The van der Waals surface area contributed by atoms with Crippen molar-refractivity contribution in [3.8, 4) is 0 Å². The number of nitro groups is 1. The van der Waals surface area contributed by atoms with Crippen LogP contribution in [0.5, 0.6) is 0 Å². The maximum absolute atomic E-state index is 11.2. The highest BCUT2D eigenvalue weighted by molar-refractivity contribution is 7.98. The van der Waals surface area contributed by atoms with Crippen LogP contribution in [0.25, 0.3) is 0 Å². The molecule has 0 amide bonds. The van der Waals surface area contributed by atoms with E-state index in [1.165, 1.54) is 18.1 Å². The standard InChI is InChI=1S/C12H21N5O3S/c1-4-5-13-10-9(17(19)20)11(16-8-15-10)14-6-12(2,18)7-21-3/h8,18H,4-7H2,1-3H3,(H2,13,14,15,16). The second kappa shape index (κ2) is 7.99. The number of aromatic nitrogens is 2. The van der Waals surface area contributed by atoms with Gasteiger partial charge in [-0.15, -0.1) is 0 Å².